The van der Waals surface area contributed by atoms with E-state index in [9.17, 15) is 5.11 Å². The van der Waals surface area contributed by atoms with Crippen LogP contribution in [0.25, 0.3) is 0 Å². The van der Waals surface area contributed by atoms with Crippen LogP contribution in [-0.2, 0) is 11.2 Å². The van der Waals surface area contributed by atoms with Crippen molar-refractivity contribution in [3.63, 3.8) is 0 Å². The third-order valence-electron chi connectivity index (χ3n) is 4.93. The maximum Gasteiger partial charge on any atom is 0.191 e. The van der Waals surface area contributed by atoms with Gasteiger partial charge in [0, 0.05) is 31.7 Å². The fourth-order valence-electron chi connectivity index (χ4n) is 3.32. The van der Waals surface area contributed by atoms with E-state index in [2.05, 4.69) is 49.6 Å². The lowest BCUT2D eigenvalue weighted by molar-refractivity contribution is 0.131. The number of benzene rings is 1. The molecule has 0 spiro atoms. The molecule has 1 atom stereocenters. The quantitative estimate of drug-likeness (QED) is 0.308. The number of ether oxygens (including phenoxy) is 1. The molecule has 1 aliphatic heterocycles. The first-order chi connectivity index (χ1) is 12.1. The molecule has 1 aromatic rings. The summed E-state index contributed by atoms with van der Waals surface area (Å²) in [6.45, 7) is 10.4. The molecule has 0 radical (unpaired) electrons. The monoisotopic (exact) mass is 475 g/mol. The summed E-state index contributed by atoms with van der Waals surface area (Å²) in [7, 11) is 0. The van der Waals surface area contributed by atoms with E-state index in [1.165, 1.54) is 16.7 Å². The van der Waals surface area contributed by atoms with Gasteiger partial charge in [0.05, 0.1) is 13.2 Å². The zero-order chi connectivity index (χ0) is 18.1. The molecular weight excluding hydrogens is 441 g/mol. The highest BCUT2D eigenvalue weighted by Crippen LogP contribution is 2.32. The Balaban J connectivity index is 0.00000338. The largest absolute Gasteiger partial charge is 0.396 e. The van der Waals surface area contributed by atoms with Gasteiger partial charge in [0.15, 0.2) is 5.96 Å². The summed E-state index contributed by atoms with van der Waals surface area (Å²) in [6, 6.07) is 6.61. The highest BCUT2D eigenvalue weighted by molar-refractivity contribution is 14.0. The number of aliphatic hydroxyl groups excluding tert-OH is 1. The standard InChI is InChI=1S/C20H33N3O2.HI/c1-4-21-19(23-14-20(8-11-24)9-12-25-15-20)22-10-7-18-6-5-16(2)13-17(18)3;/h5-6,13,24H,4,7-12,14-15H2,1-3H3,(H2,21,22,23);1H. The summed E-state index contributed by atoms with van der Waals surface area (Å²) in [6.07, 6.45) is 2.69. The van der Waals surface area contributed by atoms with Crippen molar-refractivity contribution >= 4 is 29.9 Å². The number of rotatable bonds is 8. The highest BCUT2D eigenvalue weighted by atomic mass is 127. The van der Waals surface area contributed by atoms with E-state index >= 15 is 0 Å². The van der Waals surface area contributed by atoms with Crippen LogP contribution in [-0.4, -0.2) is 50.5 Å². The number of hydrogen-bond acceptors (Lipinski definition) is 3. The molecule has 0 aliphatic carbocycles. The van der Waals surface area contributed by atoms with Gasteiger partial charge in [-0.1, -0.05) is 23.8 Å². The molecule has 5 nitrogen and oxygen atoms in total. The summed E-state index contributed by atoms with van der Waals surface area (Å²) in [5.41, 5.74) is 4.01. The lowest BCUT2D eigenvalue weighted by Gasteiger charge is -2.24. The van der Waals surface area contributed by atoms with Crippen molar-refractivity contribution in [3.05, 3.63) is 34.9 Å². The summed E-state index contributed by atoms with van der Waals surface area (Å²) < 4.78 is 5.55. The minimum Gasteiger partial charge on any atom is -0.396 e. The van der Waals surface area contributed by atoms with Gasteiger partial charge in [-0.05, 0) is 51.2 Å². The van der Waals surface area contributed by atoms with Gasteiger partial charge < -0.3 is 20.5 Å². The molecule has 0 bridgehead atoms. The van der Waals surface area contributed by atoms with Gasteiger partial charge in [0.1, 0.15) is 0 Å². The Morgan fingerprint density at radius 1 is 1.31 bits per heavy atom. The molecule has 0 saturated carbocycles. The second-order valence-electron chi connectivity index (χ2n) is 7.08. The topological polar surface area (TPSA) is 65.9 Å². The Morgan fingerprint density at radius 2 is 2.12 bits per heavy atom. The fourth-order valence-corrected chi connectivity index (χ4v) is 3.32. The van der Waals surface area contributed by atoms with Crippen LogP contribution in [0.4, 0.5) is 0 Å². The first-order valence-corrected chi connectivity index (χ1v) is 9.35. The molecule has 1 aromatic carbocycles. The lowest BCUT2D eigenvalue weighted by atomic mass is 9.84. The maximum absolute atomic E-state index is 9.34. The van der Waals surface area contributed by atoms with Crippen molar-refractivity contribution in [1.29, 1.82) is 0 Å². The molecular formula is C20H34IN3O2. The number of nitrogens with zero attached hydrogens (tertiary/aromatic N) is 1. The third kappa shape index (κ3) is 7.04. The highest BCUT2D eigenvalue weighted by Gasteiger charge is 2.34. The third-order valence-corrected chi connectivity index (χ3v) is 4.93. The Labute approximate surface area is 175 Å². The fraction of sp³-hybridized carbons (Fsp3) is 0.650. The van der Waals surface area contributed by atoms with E-state index < -0.39 is 0 Å². The van der Waals surface area contributed by atoms with Gasteiger partial charge >= 0.3 is 0 Å². The van der Waals surface area contributed by atoms with Gasteiger partial charge in [-0.15, -0.1) is 24.0 Å². The average molecular weight is 475 g/mol. The van der Waals surface area contributed by atoms with Crippen LogP contribution < -0.4 is 10.6 Å². The predicted molar refractivity (Wildman–Crippen MR) is 119 cm³/mol. The number of nitrogens with one attached hydrogen (secondary N) is 2. The van der Waals surface area contributed by atoms with Gasteiger partial charge in [-0.2, -0.15) is 0 Å². The minimum absolute atomic E-state index is 0. The van der Waals surface area contributed by atoms with E-state index in [0.29, 0.717) is 13.2 Å². The molecule has 1 saturated heterocycles. The Morgan fingerprint density at radius 3 is 2.73 bits per heavy atom. The number of halogens is 1. The molecule has 1 unspecified atom stereocenters. The summed E-state index contributed by atoms with van der Waals surface area (Å²) >= 11 is 0. The van der Waals surface area contributed by atoms with Crippen molar-refractivity contribution in [2.24, 2.45) is 10.4 Å². The Hall–Kier alpha value is -0.860. The van der Waals surface area contributed by atoms with Crippen LogP contribution in [0.3, 0.4) is 0 Å². The zero-order valence-electron chi connectivity index (χ0n) is 16.3. The zero-order valence-corrected chi connectivity index (χ0v) is 18.6. The number of aliphatic imine (C=N–C) groups is 1. The number of aliphatic hydroxyl groups is 1. The maximum atomic E-state index is 9.34. The van der Waals surface area contributed by atoms with E-state index in [0.717, 1.165) is 44.9 Å². The van der Waals surface area contributed by atoms with Crippen LogP contribution >= 0.6 is 24.0 Å². The first kappa shape index (κ1) is 23.2. The van der Waals surface area contributed by atoms with E-state index in [-0.39, 0.29) is 36.0 Å². The van der Waals surface area contributed by atoms with Gasteiger partial charge in [-0.25, -0.2) is 0 Å². The minimum atomic E-state index is -0.00928. The average Bonchev–Trinajstić information content (AvgIpc) is 3.04. The predicted octanol–water partition coefficient (Wildman–Crippen LogP) is 2.81. The lowest BCUT2D eigenvalue weighted by Crippen LogP contribution is -2.39. The number of guanidine groups is 1. The Kier molecular flexibility index (Phi) is 10.5. The summed E-state index contributed by atoms with van der Waals surface area (Å²) in [5.74, 6) is 0.844. The van der Waals surface area contributed by atoms with Crippen LogP contribution in [0.1, 0.15) is 36.5 Å². The van der Waals surface area contributed by atoms with E-state index in [4.69, 9.17) is 9.73 Å². The van der Waals surface area contributed by atoms with Crippen molar-refractivity contribution < 1.29 is 9.84 Å². The number of aryl methyl sites for hydroxylation is 2. The van der Waals surface area contributed by atoms with Crippen LogP contribution in [0.2, 0.25) is 0 Å². The van der Waals surface area contributed by atoms with E-state index in [1.807, 2.05) is 0 Å². The molecule has 6 heteroatoms. The molecule has 26 heavy (non-hydrogen) atoms. The van der Waals surface area contributed by atoms with Gasteiger partial charge in [-0.3, -0.25) is 4.99 Å². The first-order valence-electron chi connectivity index (χ1n) is 9.35. The molecule has 148 valence electrons. The SMILES string of the molecule is CCNC(=NCC1(CCO)CCOC1)NCCc1ccc(C)cc1C.I. The smallest absolute Gasteiger partial charge is 0.191 e. The molecule has 1 fully saturated rings. The summed E-state index contributed by atoms with van der Waals surface area (Å²) in [4.78, 5) is 4.76. The van der Waals surface area contributed by atoms with E-state index in [1.54, 1.807) is 0 Å². The van der Waals surface area contributed by atoms with Crippen molar-refractivity contribution in [2.75, 3.05) is 39.5 Å². The van der Waals surface area contributed by atoms with Gasteiger partial charge in [0.2, 0.25) is 0 Å². The number of hydrogen-bond donors (Lipinski definition) is 3. The van der Waals surface area contributed by atoms with Crippen molar-refractivity contribution in [2.45, 2.75) is 40.0 Å². The van der Waals surface area contributed by atoms with Crippen molar-refractivity contribution in [1.82, 2.24) is 10.6 Å². The summed E-state index contributed by atoms with van der Waals surface area (Å²) in [5, 5.41) is 16.1. The molecule has 1 heterocycles. The molecule has 1 aliphatic rings. The molecule has 3 N–H and O–H groups in total. The molecule has 0 amide bonds. The Bertz CT molecular complexity index is 572. The van der Waals surface area contributed by atoms with Crippen molar-refractivity contribution in [3.8, 4) is 0 Å². The second-order valence-corrected chi connectivity index (χ2v) is 7.08. The van der Waals surface area contributed by atoms with Crippen LogP contribution in [0, 0.1) is 19.3 Å². The van der Waals surface area contributed by atoms with Crippen LogP contribution in [0.5, 0.6) is 0 Å². The second kappa shape index (κ2) is 11.8. The molecule has 2 rings (SSSR count). The van der Waals surface area contributed by atoms with Crippen LogP contribution in [0.15, 0.2) is 23.2 Å². The normalized spacial score (nSPS) is 19.9. The van der Waals surface area contributed by atoms with Gasteiger partial charge in [0.25, 0.3) is 0 Å². The molecule has 0 aromatic heterocycles.